The maximum absolute atomic E-state index is 13.2. The third kappa shape index (κ3) is 7.52. The highest BCUT2D eigenvalue weighted by Crippen LogP contribution is 2.37. The first-order valence-electron chi connectivity index (χ1n) is 16.2. The van der Waals surface area contributed by atoms with Crippen molar-refractivity contribution in [2.45, 2.75) is 37.0 Å². The summed E-state index contributed by atoms with van der Waals surface area (Å²) in [6.07, 6.45) is 4.24. The first kappa shape index (κ1) is 31.6. The molecule has 1 aromatic heterocycles. The lowest BCUT2D eigenvalue weighted by atomic mass is 9.71. The largest absolute Gasteiger partial charge is 0.353 e. The number of aromatic amines is 1. The van der Waals surface area contributed by atoms with Gasteiger partial charge in [0.15, 0.2) is 0 Å². The Labute approximate surface area is 276 Å². The van der Waals surface area contributed by atoms with Gasteiger partial charge in [0.2, 0.25) is 5.91 Å². The molecular formula is C39H41ClN4O2. The molecule has 6 nitrogen and oxygen atoms in total. The molecule has 0 saturated carbocycles. The molecule has 1 fully saturated rings. The number of hydrogen-bond acceptors (Lipinski definition) is 3. The van der Waals surface area contributed by atoms with Crippen LogP contribution in [0.3, 0.4) is 0 Å². The van der Waals surface area contributed by atoms with Crippen LogP contribution in [0.1, 0.15) is 58.8 Å². The van der Waals surface area contributed by atoms with Crippen molar-refractivity contribution in [3.63, 3.8) is 0 Å². The van der Waals surface area contributed by atoms with Crippen LogP contribution in [0.5, 0.6) is 0 Å². The summed E-state index contributed by atoms with van der Waals surface area (Å²) in [6, 6.07) is 39.0. The first-order valence-corrected chi connectivity index (χ1v) is 16.6. The highest BCUT2D eigenvalue weighted by molar-refractivity contribution is 6.31. The minimum atomic E-state index is -0.416. The maximum atomic E-state index is 13.2. The molecule has 1 aliphatic rings. The summed E-state index contributed by atoms with van der Waals surface area (Å²) < 4.78 is 0. The fourth-order valence-corrected chi connectivity index (χ4v) is 7.06. The summed E-state index contributed by atoms with van der Waals surface area (Å²) in [6.45, 7) is 3.52. The van der Waals surface area contributed by atoms with Crippen molar-refractivity contribution >= 4 is 34.3 Å². The third-order valence-electron chi connectivity index (χ3n) is 9.41. The zero-order valence-corrected chi connectivity index (χ0v) is 26.8. The molecule has 0 spiro atoms. The lowest BCUT2D eigenvalue weighted by molar-refractivity contribution is -0.120. The molecule has 5 aromatic rings. The number of nitrogens with zero attached hydrogens (tertiary/aromatic N) is 1. The normalized spacial score (nSPS) is 14.3. The minimum Gasteiger partial charge on any atom is -0.353 e. The molecule has 1 aliphatic heterocycles. The molecule has 46 heavy (non-hydrogen) atoms. The van der Waals surface area contributed by atoms with Gasteiger partial charge >= 0.3 is 0 Å². The number of carbonyl (C=O) groups excluding carboxylic acids is 2. The lowest BCUT2D eigenvalue weighted by Gasteiger charge is -2.37. The molecule has 4 aromatic carbocycles. The van der Waals surface area contributed by atoms with Crippen molar-refractivity contribution in [1.82, 2.24) is 20.5 Å². The van der Waals surface area contributed by atoms with Gasteiger partial charge in [0.1, 0.15) is 5.69 Å². The molecule has 236 valence electrons. The van der Waals surface area contributed by atoms with Crippen molar-refractivity contribution in [2.24, 2.45) is 0 Å². The van der Waals surface area contributed by atoms with Gasteiger partial charge in [0.25, 0.3) is 5.91 Å². The van der Waals surface area contributed by atoms with E-state index < -0.39 is 5.41 Å². The molecule has 0 radical (unpaired) electrons. The van der Waals surface area contributed by atoms with Crippen molar-refractivity contribution in [3.05, 3.63) is 143 Å². The van der Waals surface area contributed by atoms with Gasteiger partial charge in [-0.1, -0.05) is 103 Å². The Kier molecular flexibility index (Phi) is 10.2. The average Bonchev–Trinajstić information content (AvgIpc) is 3.54. The number of nitrogens with one attached hydrogen (secondary N) is 3. The number of H-pyrrole nitrogens is 1. The van der Waals surface area contributed by atoms with E-state index in [1.165, 1.54) is 29.5 Å². The monoisotopic (exact) mass is 632 g/mol. The summed E-state index contributed by atoms with van der Waals surface area (Å²) in [5.41, 5.74) is 4.58. The summed E-state index contributed by atoms with van der Waals surface area (Å²) >= 11 is 6.10. The van der Waals surface area contributed by atoms with Crippen molar-refractivity contribution in [3.8, 4) is 0 Å². The molecule has 3 N–H and O–H groups in total. The lowest BCUT2D eigenvalue weighted by Crippen LogP contribution is -2.45. The van der Waals surface area contributed by atoms with Gasteiger partial charge in [-0.2, -0.15) is 0 Å². The Balaban J connectivity index is 1.11. The van der Waals surface area contributed by atoms with Gasteiger partial charge in [0.05, 0.1) is 6.54 Å². The molecule has 0 bridgehead atoms. The van der Waals surface area contributed by atoms with Crippen LogP contribution >= 0.6 is 11.6 Å². The van der Waals surface area contributed by atoms with E-state index in [0.29, 0.717) is 23.2 Å². The Morgan fingerprint density at radius 2 is 1.43 bits per heavy atom. The van der Waals surface area contributed by atoms with Crippen LogP contribution in [0.15, 0.2) is 115 Å². The molecule has 6 rings (SSSR count). The highest BCUT2D eigenvalue weighted by atomic mass is 35.5. The van der Waals surface area contributed by atoms with E-state index in [2.05, 4.69) is 99.4 Å². The number of amides is 2. The van der Waals surface area contributed by atoms with Crippen LogP contribution in [-0.2, 0) is 10.2 Å². The predicted octanol–water partition coefficient (Wildman–Crippen LogP) is 7.31. The van der Waals surface area contributed by atoms with Gasteiger partial charge in [0, 0.05) is 27.9 Å². The van der Waals surface area contributed by atoms with Crippen molar-refractivity contribution in [1.29, 1.82) is 0 Å². The number of aromatic nitrogens is 1. The smallest absolute Gasteiger partial charge is 0.268 e. The van der Waals surface area contributed by atoms with Gasteiger partial charge < -0.3 is 20.5 Å². The standard InChI is InChI=1S/C39H41ClN4O2/c40-34-17-18-35-31(25-34)26-36(43-35)38(46)41-27-37(45)42-28-39(32-13-6-2-7-14-32,33-15-8-3-9-16-33)21-10-22-44-23-19-30(20-24-44)29-11-4-1-5-12-29/h1-9,11-18,25-26,30,43H,10,19-24,27-28H2,(H,41,46)(H,42,45). The molecule has 7 heteroatoms. The molecule has 0 unspecified atom stereocenters. The van der Waals surface area contributed by atoms with Gasteiger partial charge in [-0.05, 0) is 92.2 Å². The maximum Gasteiger partial charge on any atom is 0.268 e. The second kappa shape index (κ2) is 14.8. The number of carbonyl (C=O) groups is 2. The van der Waals surface area contributed by atoms with Gasteiger partial charge in [-0.15, -0.1) is 0 Å². The van der Waals surface area contributed by atoms with E-state index in [1.54, 1.807) is 18.2 Å². The fraction of sp³-hybridized carbons (Fsp3) is 0.282. The number of rotatable bonds is 12. The Hall–Kier alpha value is -4.39. The number of benzene rings is 4. The second-order valence-electron chi connectivity index (χ2n) is 12.3. The number of piperidine rings is 1. The molecule has 2 amide bonds. The summed E-state index contributed by atoms with van der Waals surface area (Å²) in [5, 5.41) is 7.40. The zero-order chi connectivity index (χ0) is 31.8. The minimum absolute atomic E-state index is 0.120. The van der Waals surface area contributed by atoms with E-state index in [1.807, 2.05) is 18.2 Å². The topological polar surface area (TPSA) is 77.2 Å². The number of fused-ring (bicyclic) bond motifs is 1. The van der Waals surface area contributed by atoms with Crippen LogP contribution in [0.4, 0.5) is 0 Å². The summed E-state index contributed by atoms with van der Waals surface area (Å²) in [5.74, 6) is 0.0676. The second-order valence-corrected chi connectivity index (χ2v) is 12.8. The van der Waals surface area contributed by atoms with Gasteiger partial charge in [-0.25, -0.2) is 0 Å². The average molecular weight is 633 g/mol. The summed E-state index contributed by atoms with van der Waals surface area (Å²) in [7, 11) is 0. The van der Waals surface area contributed by atoms with Gasteiger partial charge in [-0.3, -0.25) is 9.59 Å². The molecule has 0 aliphatic carbocycles. The molecule has 0 atom stereocenters. The van der Waals surface area contributed by atoms with E-state index in [0.717, 1.165) is 43.4 Å². The number of likely N-dealkylation sites (tertiary alicyclic amines) is 1. The SMILES string of the molecule is O=C(CNC(=O)c1cc2cc(Cl)ccc2[nH]1)NCC(CCCN1CCC(c2ccccc2)CC1)(c1ccccc1)c1ccccc1. The van der Waals surface area contributed by atoms with Crippen molar-refractivity contribution in [2.75, 3.05) is 32.7 Å². The van der Waals surface area contributed by atoms with E-state index in [-0.39, 0.29) is 18.4 Å². The Morgan fingerprint density at radius 3 is 2.09 bits per heavy atom. The van der Waals surface area contributed by atoms with E-state index in [9.17, 15) is 9.59 Å². The first-order chi connectivity index (χ1) is 22.5. The van der Waals surface area contributed by atoms with Crippen molar-refractivity contribution < 1.29 is 9.59 Å². The highest BCUT2D eigenvalue weighted by Gasteiger charge is 2.35. The number of hydrogen-bond donors (Lipinski definition) is 3. The van der Waals surface area contributed by atoms with Crippen LogP contribution < -0.4 is 10.6 Å². The summed E-state index contributed by atoms with van der Waals surface area (Å²) in [4.78, 5) is 31.8. The zero-order valence-electron chi connectivity index (χ0n) is 26.1. The molecular weight excluding hydrogens is 592 g/mol. The predicted molar refractivity (Wildman–Crippen MR) is 186 cm³/mol. The van der Waals surface area contributed by atoms with Crippen LogP contribution in [0, 0.1) is 0 Å². The van der Waals surface area contributed by atoms with Crippen LogP contribution in [0.25, 0.3) is 10.9 Å². The number of halogens is 1. The quantitative estimate of drug-likeness (QED) is 0.135. The molecule has 2 heterocycles. The van der Waals surface area contributed by atoms with E-state index >= 15 is 0 Å². The Bertz CT molecular complexity index is 1690. The van der Waals surface area contributed by atoms with Crippen LogP contribution in [-0.4, -0.2) is 54.4 Å². The van der Waals surface area contributed by atoms with E-state index in [4.69, 9.17) is 11.6 Å². The molecule has 1 saturated heterocycles. The van der Waals surface area contributed by atoms with Crippen LogP contribution in [0.2, 0.25) is 5.02 Å². The Morgan fingerprint density at radius 1 is 0.804 bits per heavy atom. The fourth-order valence-electron chi connectivity index (χ4n) is 6.88. The third-order valence-corrected chi connectivity index (χ3v) is 9.65.